The molecule has 4 rings (SSSR count). The summed E-state index contributed by atoms with van der Waals surface area (Å²) < 4.78 is 8.18. The van der Waals surface area contributed by atoms with Gasteiger partial charge in [0.2, 0.25) is 5.91 Å². The Hall–Kier alpha value is -4.01. The second kappa shape index (κ2) is 8.56. The zero-order chi connectivity index (χ0) is 20.9. The van der Waals surface area contributed by atoms with E-state index in [1.165, 1.54) is 6.07 Å². The maximum atomic E-state index is 12.3. The lowest BCUT2D eigenvalue weighted by Crippen LogP contribution is -2.34. The number of carbonyl (C=O) groups is 1. The van der Waals surface area contributed by atoms with Gasteiger partial charge in [0, 0.05) is 30.8 Å². The molecule has 9 heteroatoms. The second-order valence-corrected chi connectivity index (χ2v) is 6.59. The Morgan fingerprint density at radius 2 is 1.90 bits per heavy atom. The Balaban J connectivity index is 1.39. The average molecular weight is 404 g/mol. The van der Waals surface area contributed by atoms with Crippen molar-refractivity contribution in [2.45, 2.75) is 13.0 Å². The minimum Gasteiger partial charge on any atom is -0.497 e. The second-order valence-electron chi connectivity index (χ2n) is 6.59. The zero-order valence-corrected chi connectivity index (χ0v) is 16.4. The zero-order valence-electron chi connectivity index (χ0n) is 16.4. The van der Waals surface area contributed by atoms with Crippen LogP contribution in [0.5, 0.6) is 5.75 Å². The fourth-order valence-electron chi connectivity index (χ4n) is 3.04. The summed E-state index contributed by atoms with van der Waals surface area (Å²) >= 11 is 0. The van der Waals surface area contributed by atoms with Gasteiger partial charge in [-0.3, -0.25) is 14.0 Å². The first-order valence-corrected chi connectivity index (χ1v) is 9.42. The maximum absolute atomic E-state index is 12.3. The van der Waals surface area contributed by atoms with Gasteiger partial charge in [0.15, 0.2) is 5.65 Å². The first kappa shape index (κ1) is 19.3. The summed E-state index contributed by atoms with van der Waals surface area (Å²) in [5.74, 6) is 1.18. The van der Waals surface area contributed by atoms with Crippen LogP contribution >= 0.6 is 0 Å². The normalized spacial score (nSPS) is 10.8. The van der Waals surface area contributed by atoms with Gasteiger partial charge in [-0.1, -0.05) is 6.07 Å². The summed E-state index contributed by atoms with van der Waals surface area (Å²) in [5, 5.41) is 15.3. The number of amides is 1. The monoisotopic (exact) mass is 404 g/mol. The highest BCUT2D eigenvalue weighted by Crippen LogP contribution is 2.19. The molecule has 152 valence electrons. The lowest BCUT2D eigenvalue weighted by Gasteiger charge is -2.08. The highest BCUT2D eigenvalue weighted by molar-refractivity contribution is 5.75. The molecule has 4 aromatic rings. The van der Waals surface area contributed by atoms with Crippen LogP contribution in [0.15, 0.2) is 65.6 Å². The number of methoxy groups -OCH3 is 1. The summed E-state index contributed by atoms with van der Waals surface area (Å²) in [5.41, 5.74) is 1.83. The third kappa shape index (κ3) is 4.19. The van der Waals surface area contributed by atoms with E-state index >= 15 is 0 Å². The molecule has 0 saturated carbocycles. The highest BCUT2D eigenvalue weighted by Gasteiger charge is 2.09. The van der Waals surface area contributed by atoms with E-state index in [0.717, 1.165) is 27.5 Å². The molecule has 0 fully saturated rings. The van der Waals surface area contributed by atoms with Crippen LogP contribution in [0.4, 0.5) is 0 Å². The fourth-order valence-corrected chi connectivity index (χ4v) is 3.04. The van der Waals surface area contributed by atoms with E-state index in [4.69, 9.17) is 4.74 Å². The Morgan fingerprint density at radius 1 is 1.07 bits per heavy atom. The number of nitrogens with one attached hydrogen (secondary N) is 1. The molecule has 0 bridgehead atoms. The first-order valence-electron chi connectivity index (χ1n) is 9.42. The number of hydrogen-bond donors (Lipinski definition) is 1. The van der Waals surface area contributed by atoms with Crippen LogP contribution in [0.3, 0.4) is 0 Å². The van der Waals surface area contributed by atoms with Crippen molar-refractivity contribution >= 4 is 11.6 Å². The average Bonchev–Trinajstić information content (AvgIpc) is 3.18. The molecule has 9 nitrogen and oxygen atoms in total. The lowest BCUT2D eigenvalue weighted by atomic mass is 10.1. The lowest BCUT2D eigenvalue weighted by molar-refractivity contribution is -0.121. The van der Waals surface area contributed by atoms with Crippen molar-refractivity contribution < 1.29 is 9.53 Å². The van der Waals surface area contributed by atoms with E-state index in [-0.39, 0.29) is 18.0 Å². The van der Waals surface area contributed by atoms with Gasteiger partial charge in [-0.2, -0.15) is 5.10 Å². The number of fused-ring (bicyclic) bond motifs is 1. The minimum absolute atomic E-state index is 0.163. The van der Waals surface area contributed by atoms with Gasteiger partial charge in [0.1, 0.15) is 18.1 Å². The minimum atomic E-state index is -0.342. The van der Waals surface area contributed by atoms with E-state index < -0.39 is 0 Å². The van der Waals surface area contributed by atoms with Crippen LogP contribution in [0, 0.1) is 0 Å². The van der Waals surface area contributed by atoms with Gasteiger partial charge in [-0.25, -0.2) is 4.68 Å². The molecule has 0 spiro atoms. The van der Waals surface area contributed by atoms with E-state index in [1.54, 1.807) is 13.2 Å². The number of carbonyl (C=O) groups excluding carboxylic acids is 1. The molecule has 3 aromatic heterocycles. The Kier molecular flexibility index (Phi) is 5.51. The number of rotatable bonds is 7. The highest BCUT2D eigenvalue weighted by atomic mass is 16.5. The van der Waals surface area contributed by atoms with Crippen molar-refractivity contribution in [3.05, 3.63) is 77.0 Å². The van der Waals surface area contributed by atoms with Gasteiger partial charge in [-0.05, 0) is 42.5 Å². The van der Waals surface area contributed by atoms with Gasteiger partial charge in [0.25, 0.3) is 5.56 Å². The van der Waals surface area contributed by atoms with E-state index in [0.29, 0.717) is 18.7 Å². The molecule has 0 aliphatic rings. The Labute approximate surface area is 172 Å². The summed E-state index contributed by atoms with van der Waals surface area (Å²) in [7, 11) is 1.59. The summed E-state index contributed by atoms with van der Waals surface area (Å²) in [4.78, 5) is 24.4. The molecule has 1 aromatic carbocycles. The standard InChI is InChI=1S/C21H20N6O3/c1-30-16-7-5-15(6-8-16)17-9-10-21(29)27(25-17)14-20(28)22-12-11-19-24-23-18-4-2-3-13-26(18)19/h2-10,13H,11-12,14H2,1H3,(H,22,28). The van der Waals surface area contributed by atoms with Gasteiger partial charge < -0.3 is 10.1 Å². The molecule has 0 radical (unpaired) electrons. The molecule has 0 saturated heterocycles. The molecule has 3 heterocycles. The number of benzene rings is 1. The molecular weight excluding hydrogens is 384 g/mol. The van der Waals surface area contributed by atoms with Gasteiger partial charge in [0.05, 0.1) is 12.8 Å². The smallest absolute Gasteiger partial charge is 0.267 e. The molecule has 0 atom stereocenters. The van der Waals surface area contributed by atoms with Crippen molar-refractivity contribution in [1.82, 2.24) is 29.7 Å². The Morgan fingerprint density at radius 3 is 2.70 bits per heavy atom. The van der Waals surface area contributed by atoms with Crippen molar-refractivity contribution in [3.63, 3.8) is 0 Å². The van der Waals surface area contributed by atoms with Crippen LogP contribution in [-0.2, 0) is 17.8 Å². The third-order valence-electron chi connectivity index (χ3n) is 4.60. The topological polar surface area (TPSA) is 103 Å². The van der Waals surface area contributed by atoms with Crippen LogP contribution in [-0.4, -0.2) is 43.9 Å². The van der Waals surface area contributed by atoms with E-state index in [2.05, 4.69) is 20.6 Å². The molecule has 30 heavy (non-hydrogen) atoms. The van der Waals surface area contributed by atoms with Crippen LogP contribution in [0.2, 0.25) is 0 Å². The molecule has 1 amide bonds. The predicted octanol–water partition coefficient (Wildman–Crippen LogP) is 1.32. The largest absolute Gasteiger partial charge is 0.497 e. The number of aromatic nitrogens is 5. The van der Waals surface area contributed by atoms with Crippen molar-refractivity contribution in [2.75, 3.05) is 13.7 Å². The molecule has 0 aliphatic heterocycles. The number of hydrogen-bond acceptors (Lipinski definition) is 6. The van der Waals surface area contributed by atoms with Crippen molar-refractivity contribution in [3.8, 4) is 17.0 Å². The van der Waals surface area contributed by atoms with E-state index in [1.807, 2.05) is 53.1 Å². The fraction of sp³-hybridized carbons (Fsp3) is 0.190. The van der Waals surface area contributed by atoms with E-state index in [9.17, 15) is 9.59 Å². The number of ether oxygens (including phenoxy) is 1. The molecular formula is C21H20N6O3. The number of nitrogens with zero attached hydrogens (tertiary/aromatic N) is 5. The predicted molar refractivity (Wildman–Crippen MR) is 110 cm³/mol. The van der Waals surface area contributed by atoms with Gasteiger partial charge in [-0.15, -0.1) is 10.2 Å². The molecule has 1 N–H and O–H groups in total. The molecule has 0 aliphatic carbocycles. The van der Waals surface area contributed by atoms with Gasteiger partial charge >= 0.3 is 0 Å². The Bertz CT molecular complexity index is 1230. The first-order chi connectivity index (χ1) is 14.6. The quantitative estimate of drug-likeness (QED) is 0.498. The molecule has 0 unspecified atom stereocenters. The summed E-state index contributed by atoms with van der Waals surface area (Å²) in [6.45, 7) is 0.213. The van der Waals surface area contributed by atoms with Crippen molar-refractivity contribution in [2.24, 2.45) is 0 Å². The van der Waals surface area contributed by atoms with Crippen LogP contribution < -0.4 is 15.6 Å². The summed E-state index contributed by atoms with van der Waals surface area (Å²) in [6, 6.07) is 16.0. The number of pyridine rings is 1. The van der Waals surface area contributed by atoms with Crippen LogP contribution in [0.25, 0.3) is 16.9 Å². The summed E-state index contributed by atoms with van der Waals surface area (Å²) in [6.07, 6.45) is 2.39. The third-order valence-corrected chi connectivity index (χ3v) is 4.60. The van der Waals surface area contributed by atoms with Crippen LogP contribution in [0.1, 0.15) is 5.82 Å². The van der Waals surface area contributed by atoms with Crippen molar-refractivity contribution in [1.29, 1.82) is 0 Å². The maximum Gasteiger partial charge on any atom is 0.267 e. The SMILES string of the molecule is COc1ccc(-c2ccc(=O)n(CC(=O)NCCc3nnc4ccccn34)n2)cc1.